The second kappa shape index (κ2) is 6.62. The van der Waals surface area contributed by atoms with Crippen molar-refractivity contribution in [3.8, 4) is 0 Å². The highest BCUT2D eigenvalue weighted by Crippen LogP contribution is 2.37. The summed E-state index contributed by atoms with van der Waals surface area (Å²) in [5, 5.41) is 0. The minimum atomic E-state index is 0.146. The lowest BCUT2D eigenvalue weighted by Gasteiger charge is -2.38. The number of anilines is 1. The zero-order chi connectivity index (χ0) is 14.7. The maximum atomic E-state index is 6.42. The molecule has 2 N–H and O–H groups in total. The Hall–Kier alpha value is -1.02. The van der Waals surface area contributed by atoms with E-state index in [2.05, 4.69) is 39.8 Å². The van der Waals surface area contributed by atoms with Crippen molar-refractivity contribution in [2.24, 2.45) is 17.8 Å². The Balaban J connectivity index is 2.03. The summed E-state index contributed by atoms with van der Waals surface area (Å²) in [6.45, 7) is 9.15. The quantitative estimate of drug-likeness (QED) is 0.800. The van der Waals surface area contributed by atoms with Crippen molar-refractivity contribution < 1.29 is 4.74 Å². The first-order valence-electron chi connectivity index (χ1n) is 7.98. The number of benzene rings is 1. The van der Waals surface area contributed by atoms with E-state index in [9.17, 15) is 0 Å². The van der Waals surface area contributed by atoms with E-state index in [-0.39, 0.29) is 6.10 Å². The van der Waals surface area contributed by atoms with Gasteiger partial charge < -0.3 is 10.5 Å². The molecule has 20 heavy (non-hydrogen) atoms. The van der Waals surface area contributed by atoms with Crippen LogP contribution in [0.3, 0.4) is 0 Å². The zero-order valence-corrected chi connectivity index (χ0v) is 13.3. The SMILES string of the molecule is CC1CCC(C(C)C)C(OC(C)c2ccc(N)cc2)C1. The summed E-state index contributed by atoms with van der Waals surface area (Å²) < 4.78 is 6.42. The van der Waals surface area contributed by atoms with E-state index in [1.165, 1.54) is 24.8 Å². The molecule has 1 aliphatic rings. The van der Waals surface area contributed by atoms with Gasteiger partial charge in [-0.05, 0) is 55.2 Å². The zero-order valence-electron chi connectivity index (χ0n) is 13.3. The van der Waals surface area contributed by atoms with E-state index in [0.717, 1.165) is 11.6 Å². The van der Waals surface area contributed by atoms with E-state index < -0.39 is 0 Å². The van der Waals surface area contributed by atoms with Crippen molar-refractivity contribution in [1.29, 1.82) is 0 Å². The molecule has 0 heterocycles. The fourth-order valence-electron chi connectivity index (χ4n) is 3.38. The summed E-state index contributed by atoms with van der Waals surface area (Å²) >= 11 is 0. The Morgan fingerprint density at radius 3 is 2.35 bits per heavy atom. The van der Waals surface area contributed by atoms with Gasteiger partial charge in [-0.15, -0.1) is 0 Å². The molecule has 0 radical (unpaired) electrons. The molecule has 1 fully saturated rings. The van der Waals surface area contributed by atoms with Gasteiger partial charge in [0, 0.05) is 5.69 Å². The number of hydrogen-bond donors (Lipinski definition) is 1. The van der Waals surface area contributed by atoms with E-state index in [1.807, 2.05) is 12.1 Å². The lowest BCUT2D eigenvalue weighted by Crippen LogP contribution is -2.34. The van der Waals surface area contributed by atoms with Crippen LogP contribution >= 0.6 is 0 Å². The van der Waals surface area contributed by atoms with Gasteiger partial charge in [0.1, 0.15) is 0 Å². The molecule has 112 valence electrons. The molecule has 0 aliphatic heterocycles. The average Bonchev–Trinajstić information content (AvgIpc) is 2.39. The molecule has 0 bridgehead atoms. The molecule has 1 saturated carbocycles. The standard InChI is InChI=1S/C18H29NO/c1-12(2)17-10-5-13(3)11-18(17)20-14(4)15-6-8-16(19)9-7-15/h6-9,12-14,17-18H,5,10-11,19H2,1-4H3. The molecule has 0 saturated heterocycles. The smallest absolute Gasteiger partial charge is 0.0800 e. The third-order valence-corrected chi connectivity index (χ3v) is 4.75. The van der Waals surface area contributed by atoms with Crippen molar-refractivity contribution in [2.45, 2.75) is 59.2 Å². The van der Waals surface area contributed by atoms with Gasteiger partial charge in [0.25, 0.3) is 0 Å². The largest absolute Gasteiger partial charge is 0.399 e. The summed E-state index contributed by atoms with van der Waals surface area (Å²) in [4.78, 5) is 0. The first-order chi connectivity index (χ1) is 9.47. The second-order valence-electron chi connectivity index (χ2n) is 6.81. The molecule has 1 aromatic carbocycles. The van der Waals surface area contributed by atoms with E-state index >= 15 is 0 Å². The molecule has 2 heteroatoms. The second-order valence-corrected chi connectivity index (χ2v) is 6.81. The highest BCUT2D eigenvalue weighted by Gasteiger charge is 2.32. The van der Waals surface area contributed by atoms with Crippen molar-refractivity contribution in [3.63, 3.8) is 0 Å². The maximum Gasteiger partial charge on any atom is 0.0800 e. The van der Waals surface area contributed by atoms with Gasteiger partial charge in [-0.1, -0.05) is 39.3 Å². The third-order valence-electron chi connectivity index (χ3n) is 4.75. The lowest BCUT2D eigenvalue weighted by molar-refractivity contribution is -0.0754. The summed E-state index contributed by atoms with van der Waals surface area (Å²) in [5.74, 6) is 2.18. The Bertz CT molecular complexity index is 412. The number of ether oxygens (including phenoxy) is 1. The summed E-state index contributed by atoms with van der Waals surface area (Å²) in [6, 6.07) is 8.07. The van der Waals surface area contributed by atoms with Gasteiger partial charge in [0.15, 0.2) is 0 Å². The number of nitrogens with two attached hydrogens (primary N) is 1. The fraction of sp³-hybridized carbons (Fsp3) is 0.667. The van der Waals surface area contributed by atoms with E-state index in [0.29, 0.717) is 17.9 Å². The first kappa shape index (κ1) is 15.4. The fourth-order valence-corrected chi connectivity index (χ4v) is 3.38. The molecule has 0 amide bonds. The van der Waals surface area contributed by atoms with Crippen LogP contribution < -0.4 is 5.73 Å². The van der Waals surface area contributed by atoms with Crippen LogP contribution in [0, 0.1) is 17.8 Å². The van der Waals surface area contributed by atoms with Gasteiger partial charge in [-0.2, -0.15) is 0 Å². The van der Waals surface area contributed by atoms with Crippen LogP contribution in [0.5, 0.6) is 0 Å². The van der Waals surface area contributed by atoms with Crippen LogP contribution in [0.1, 0.15) is 58.6 Å². The van der Waals surface area contributed by atoms with E-state index in [1.54, 1.807) is 0 Å². The average molecular weight is 275 g/mol. The van der Waals surface area contributed by atoms with Crippen LogP contribution in [0.25, 0.3) is 0 Å². The molecule has 4 unspecified atom stereocenters. The van der Waals surface area contributed by atoms with Gasteiger partial charge in [0.05, 0.1) is 12.2 Å². The van der Waals surface area contributed by atoms with Gasteiger partial charge in [0.2, 0.25) is 0 Å². The molecule has 2 nitrogen and oxygen atoms in total. The molecular formula is C18H29NO. The topological polar surface area (TPSA) is 35.2 Å². The van der Waals surface area contributed by atoms with Crippen molar-refractivity contribution in [3.05, 3.63) is 29.8 Å². The predicted molar refractivity (Wildman–Crippen MR) is 85.5 cm³/mol. The molecule has 1 aromatic rings. The summed E-state index contributed by atoms with van der Waals surface area (Å²) in [5.41, 5.74) is 7.78. The molecule has 0 aromatic heterocycles. The first-order valence-corrected chi connectivity index (χ1v) is 7.98. The molecular weight excluding hydrogens is 246 g/mol. The van der Waals surface area contributed by atoms with E-state index in [4.69, 9.17) is 10.5 Å². The van der Waals surface area contributed by atoms with Crippen LogP contribution in [-0.2, 0) is 4.74 Å². The minimum absolute atomic E-state index is 0.146. The van der Waals surface area contributed by atoms with Gasteiger partial charge in [-0.25, -0.2) is 0 Å². The Labute approximate surface area is 123 Å². The van der Waals surface area contributed by atoms with Crippen LogP contribution in [0.4, 0.5) is 5.69 Å². The van der Waals surface area contributed by atoms with Crippen LogP contribution in [0.15, 0.2) is 24.3 Å². The van der Waals surface area contributed by atoms with Crippen molar-refractivity contribution in [2.75, 3.05) is 5.73 Å². The normalized spacial score (nSPS) is 28.6. The number of nitrogen functional groups attached to an aromatic ring is 1. The summed E-state index contributed by atoms with van der Waals surface area (Å²) in [6.07, 6.45) is 4.39. The Morgan fingerprint density at radius 2 is 1.75 bits per heavy atom. The maximum absolute atomic E-state index is 6.42. The minimum Gasteiger partial charge on any atom is -0.399 e. The van der Waals surface area contributed by atoms with Crippen LogP contribution in [0.2, 0.25) is 0 Å². The predicted octanol–water partition coefficient (Wildman–Crippen LogP) is 4.81. The van der Waals surface area contributed by atoms with Gasteiger partial charge in [-0.3, -0.25) is 0 Å². The third kappa shape index (κ3) is 3.76. The lowest BCUT2D eigenvalue weighted by atomic mass is 9.75. The number of rotatable bonds is 4. The van der Waals surface area contributed by atoms with Crippen LogP contribution in [-0.4, -0.2) is 6.10 Å². The molecule has 1 aliphatic carbocycles. The highest BCUT2D eigenvalue weighted by atomic mass is 16.5. The monoisotopic (exact) mass is 275 g/mol. The number of hydrogen-bond acceptors (Lipinski definition) is 2. The van der Waals surface area contributed by atoms with Gasteiger partial charge >= 0.3 is 0 Å². The van der Waals surface area contributed by atoms with Crippen molar-refractivity contribution >= 4 is 5.69 Å². The Kier molecular flexibility index (Phi) is 5.09. The summed E-state index contributed by atoms with van der Waals surface area (Å²) in [7, 11) is 0. The Morgan fingerprint density at radius 1 is 1.10 bits per heavy atom. The van der Waals surface area contributed by atoms with Crippen molar-refractivity contribution in [1.82, 2.24) is 0 Å². The molecule has 2 rings (SSSR count). The highest BCUT2D eigenvalue weighted by molar-refractivity contribution is 5.39. The molecule has 0 spiro atoms. The molecule has 4 atom stereocenters.